The van der Waals surface area contributed by atoms with E-state index in [0.717, 1.165) is 6.16 Å². The van der Waals surface area contributed by atoms with Crippen molar-refractivity contribution in [1.82, 2.24) is 0 Å². The van der Waals surface area contributed by atoms with Gasteiger partial charge in [0, 0.05) is 7.05 Å². The van der Waals surface area contributed by atoms with Crippen LogP contribution >= 0.6 is 27.7 Å². The van der Waals surface area contributed by atoms with Crippen LogP contribution in [0.15, 0.2) is 4.74 Å². The number of halogens is 1. The molecule has 0 aromatic heterocycles. The number of hydrogen-bond donors (Lipinski definition) is 0. The molecule has 0 aliphatic heterocycles. The van der Waals surface area contributed by atoms with E-state index in [-0.39, 0.29) is 0 Å². The molecule has 1 atom stereocenters. The zero-order valence-corrected chi connectivity index (χ0v) is 8.66. The van der Waals surface area contributed by atoms with Gasteiger partial charge in [-0.3, -0.25) is 0 Å². The highest BCUT2D eigenvalue weighted by Crippen LogP contribution is 2.16. The molecule has 5 heteroatoms. The highest BCUT2D eigenvalue weighted by atomic mass is 127. The third kappa shape index (κ3) is 3.10. The van der Waals surface area contributed by atoms with E-state index < -0.39 is 13.6 Å². The molecule has 0 saturated heterocycles. The highest BCUT2D eigenvalue weighted by molar-refractivity contribution is 14.2. The lowest BCUT2D eigenvalue weighted by Crippen LogP contribution is -1.56. The molecule has 2 nitrogen and oxygen atoms in total. The van der Waals surface area contributed by atoms with Gasteiger partial charge in [0.25, 0.3) is 0 Å². The summed E-state index contributed by atoms with van der Waals surface area (Å²) in [4.78, 5) is 0. The minimum absolute atomic E-state index is 0.531. The van der Waals surface area contributed by atoms with Gasteiger partial charge in [-0.25, -0.2) is 0 Å². The molecule has 0 heterocycles. The van der Waals surface area contributed by atoms with Crippen LogP contribution < -0.4 is 0 Å². The molecule has 0 rings (SSSR count). The van der Waals surface area contributed by atoms with E-state index in [1.54, 1.807) is 7.05 Å². The van der Waals surface area contributed by atoms with Crippen LogP contribution in [0.3, 0.4) is 0 Å². The zero-order chi connectivity index (χ0) is 6.57. The summed E-state index contributed by atoms with van der Waals surface area (Å²) in [7, 11) is 0.993. The lowest BCUT2D eigenvalue weighted by atomic mass is 11.0. The van der Waals surface area contributed by atoms with Crippen molar-refractivity contribution in [3.8, 4) is 0 Å². The Kier molecular flexibility index (Phi) is 5.41. The van der Waals surface area contributed by atoms with Crippen LogP contribution in [0.2, 0.25) is 0 Å². The van der Waals surface area contributed by atoms with Gasteiger partial charge >= 0.3 is 0 Å². The molecule has 0 spiro atoms. The largest absolute Gasteiger partial charge is 0.446 e. The molecular formula is C3H8INOPS-. The minimum atomic E-state index is -0.735. The third-order valence-electron chi connectivity index (χ3n) is 0.659. The minimum Gasteiger partial charge on any atom is -0.446 e. The predicted octanol–water partition coefficient (Wildman–Crippen LogP) is 2.53. The molecular weight excluding hydrogens is 256 g/mol. The first-order valence-electron chi connectivity index (χ1n) is 2.17. The summed E-state index contributed by atoms with van der Waals surface area (Å²) in [5.41, 5.74) is 0. The van der Waals surface area contributed by atoms with Gasteiger partial charge in [-0.2, -0.15) is 28.4 Å². The molecule has 50 valence electrons. The third-order valence-corrected chi connectivity index (χ3v) is 8.33. The molecule has 0 amide bonds. The van der Waals surface area contributed by atoms with Crippen molar-refractivity contribution in [3.05, 3.63) is 0 Å². The Morgan fingerprint density at radius 2 is 2.38 bits per heavy atom. The van der Waals surface area contributed by atoms with E-state index >= 15 is 0 Å². The van der Waals surface area contributed by atoms with Crippen LogP contribution in [0.5, 0.6) is 0 Å². The van der Waals surface area contributed by atoms with Gasteiger partial charge in [-0.1, -0.05) is 6.92 Å². The first kappa shape index (κ1) is 8.98. The number of nitrogens with zero attached hydrogens (tertiary/aromatic N) is 1. The Morgan fingerprint density at radius 1 is 1.88 bits per heavy atom. The summed E-state index contributed by atoms with van der Waals surface area (Å²) in [6, 6.07) is 0. The van der Waals surface area contributed by atoms with Gasteiger partial charge in [0.1, 0.15) is 0 Å². The lowest BCUT2D eigenvalue weighted by molar-refractivity contribution is 0.611. The van der Waals surface area contributed by atoms with Crippen LogP contribution in [0.4, 0.5) is 0 Å². The molecule has 0 saturated carbocycles. The number of hydrogen-bond acceptors (Lipinski definition) is 3. The van der Waals surface area contributed by atoms with Crippen LogP contribution in [0.1, 0.15) is 6.92 Å². The number of rotatable bonds is 1. The summed E-state index contributed by atoms with van der Waals surface area (Å²) in [6.07, 6.45) is 0.932. The molecule has 0 aliphatic rings. The predicted molar refractivity (Wildman–Crippen MR) is 47.9 cm³/mol. The average Bonchev–Trinajstić information content (AvgIpc) is 1.69. The molecule has 0 radical (unpaired) electrons. The molecule has 0 N–H and O–H groups in total. The van der Waals surface area contributed by atoms with Crippen molar-refractivity contribution in [1.29, 1.82) is 0 Å². The van der Waals surface area contributed by atoms with E-state index in [1.165, 1.54) is 0 Å². The molecule has 0 aliphatic carbocycles. The Hall–Kier alpha value is 0.980. The second kappa shape index (κ2) is 4.82. The fraction of sp³-hybridized carbons (Fsp3) is 1.00. The van der Waals surface area contributed by atoms with E-state index in [1.807, 2.05) is 28.1 Å². The summed E-state index contributed by atoms with van der Waals surface area (Å²) < 4.78 is 14.6. The smallest absolute Gasteiger partial charge is 0.0292 e. The maximum absolute atomic E-state index is 10.6. The van der Waals surface area contributed by atoms with Crippen molar-refractivity contribution in [2.75, 3.05) is 13.2 Å². The molecule has 0 aromatic rings. The van der Waals surface area contributed by atoms with Gasteiger partial charge in [0.15, 0.2) is 0 Å². The van der Waals surface area contributed by atoms with Crippen LogP contribution in [-0.4, -0.2) is 13.2 Å². The normalized spacial score (nSPS) is 16.1. The fourth-order valence-electron chi connectivity index (χ4n) is 0.307. The Bertz CT molecular complexity index is 189. The molecule has 0 bridgehead atoms. The standard InChI is InChI=1S/C3H8INOPS/c1-3-7(5-2)8(4)6/h3H2,1-2H3/q-1. The highest BCUT2D eigenvalue weighted by Gasteiger charge is 1.65. The van der Waals surface area contributed by atoms with E-state index in [9.17, 15) is 4.21 Å². The maximum Gasteiger partial charge on any atom is 0.0292 e. The van der Waals surface area contributed by atoms with Crippen molar-refractivity contribution >= 4 is 34.8 Å². The van der Waals surface area contributed by atoms with E-state index in [0.29, 0.717) is 0 Å². The monoisotopic (exact) mass is 264 g/mol. The van der Waals surface area contributed by atoms with Crippen LogP contribution in [0, 0.1) is 0 Å². The summed E-state index contributed by atoms with van der Waals surface area (Å²) in [5.74, 6) is 0. The Morgan fingerprint density at radius 3 is 2.38 bits per heavy atom. The van der Waals surface area contributed by atoms with Crippen molar-refractivity contribution in [2.45, 2.75) is 6.92 Å². The van der Waals surface area contributed by atoms with E-state index in [4.69, 9.17) is 0 Å². The van der Waals surface area contributed by atoms with Gasteiger partial charge in [-0.15, -0.1) is 6.49 Å². The molecule has 8 heavy (non-hydrogen) atoms. The zero-order valence-electron chi connectivity index (χ0n) is 4.80. The quantitative estimate of drug-likeness (QED) is 0.309. The summed E-state index contributed by atoms with van der Waals surface area (Å²) >= 11 is 1.91. The van der Waals surface area contributed by atoms with Crippen LogP contribution in [-0.2, 0) is 11.4 Å². The molecule has 0 aromatic carbocycles. The van der Waals surface area contributed by atoms with Gasteiger partial charge in [0.2, 0.25) is 0 Å². The topological polar surface area (TPSA) is 29.4 Å². The fourth-order valence-corrected chi connectivity index (χ4v) is 6.01. The second-order valence-corrected chi connectivity index (χ2v) is 9.97. The lowest BCUT2D eigenvalue weighted by Gasteiger charge is -1.92. The van der Waals surface area contributed by atoms with Gasteiger partial charge in [-0.05, 0) is 6.16 Å². The first-order chi connectivity index (χ1) is 3.72. The SMILES string of the molecule is CCP(=NC)=[S-](=O)I. The van der Waals surface area contributed by atoms with Crippen molar-refractivity contribution < 1.29 is 4.21 Å². The first-order valence-corrected chi connectivity index (χ1v) is 7.95. The Balaban J connectivity index is 4.63. The summed E-state index contributed by atoms with van der Waals surface area (Å²) in [6.45, 7) is 1.48. The average molecular weight is 264 g/mol. The van der Waals surface area contributed by atoms with Crippen molar-refractivity contribution in [3.63, 3.8) is 0 Å². The van der Waals surface area contributed by atoms with E-state index in [2.05, 4.69) is 4.74 Å². The summed E-state index contributed by atoms with van der Waals surface area (Å²) in [5, 5.41) is 0. The van der Waals surface area contributed by atoms with Crippen molar-refractivity contribution in [2.24, 2.45) is 4.74 Å². The molecule has 1 unspecified atom stereocenters. The Labute approximate surface area is 63.8 Å². The van der Waals surface area contributed by atoms with Gasteiger partial charge in [0.05, 0.1) is 0 Å². The maximum atomic E-state index is 10.6. The second-order valence-electron chi connectivity index (χ2n) is 1.07. The molecule has 0 fully saturated rings. The van der Waals surface area contributed by atoms with Gasteiger partial charge < -0.3 is 8.95 Å². The van der Waals surface area contributed by atoms with Crippen LogP contribution in [0.25, 0.3) is 0 Å².